The first-order chi connectivity index (χ1) is 10.7. The molecule has 0 saturated carbocycles. The topological polar surface area (TPSA) is 28.6 Å². The largest absolute Gasteiger partial charge is 0.497 e. The first-order valence-corrected chi connectivity index (χ1v) is 8.19. The average molecular weight is 299 g/mol. The number of anilines is 1. The van der Waals surface area contributed by atoms with Crippen LogP contribution in [0.5, 0.6) is 5.75 Å². The van der Waals surface area contributed by atoms with Gasteiger partial charge in [-0.2, -0.15) is 0 Å². The van der Waals surface area contributed by atoms with Crippen LogP contribution < -0.4 is 9.64 Å². The summed E-state index contributed by atoms with van der Waals surface area (Å²) in [5.41, 5.74) is 1.00. The quantitative estimate of drug-likeness (QED) is 0.848. The summed E-state index contributed by atoms with van der Waals surface area (Å²) in [5, 5.41) is 1.16. The highest BCUT2D eigenvalue weighted by Gasteiger charge is 2.26. The molecule has 0 amide bonds. The van der Waals surface area contributed by atoms with Gasteiger partial charge in [-0.05, 0) is 43.8 Å². The SMILES string of the molecule is CCN(CC)C1CCN(c2ccc3ccc(OC)cc3n2)C1. The van der Waals surface area contributed by atoms with Gasteiger partial charge in [-0.15, -0.1) is 0 Å². The Balaban J connectivity index is 1.82. The van der Waals surface area contributed by atoms with E-state index in [4.69, 9.17) is 9.72 Å². The molecule has 2 aromatic rings. The van der Waals surface area contributed by atoms with Gasteiger partial charge in [0, 0.05) is 30.6 Å². The van der Waals surface area contributed by atoms with Gasteiger partial charge in [0.1, 0.15) is 11.6 Å². The van der Waals surface area contributed by atoms with Crippen LogP contribution in [0.2, 0.25) is 0 Å². The van der Waals surface area contributed by atoms with Gasteiger partial charge in [0.15, 0.2) is 0 Å². The number of aromatic nitrogens is 1. The predicted molar refractivity (Wildman–Crippen MR) is 91.8 cm³/mol. The van der Waals surface area contributed by atoms with Crippen LogP contribution in [0.15, 0.2) is 30.3 Å². The van der Waals surface area contributed by atoms with Gasteiger partial charge in [0.2, 0.25) is 0 Å². The van der Waals surface area contributed by atoms with Crippen molar-refractivity contribution in [1.82, 2.24) is 9.88 Å². The number of pyridine rings is 1. The Labute approximate surface area is 132 Å². The predicted octanol–water partition coefficient (Wildman–Crippen LogP) is 3.16. The maximum atomic E-state index is 5.30. The molecule has 4 heteroatoms. The second kappa shape index (κ2) is 6.53. The number of likely N-dealkylation sites (N-methyl/N-ethyl adjacent to an activating group) is 1. The molecular weight excluding hydrogens is 274 g/mol. The molecule has 22 heavy (non-hydrogen) atoms. The van der Waals surface area contributed by atoms with Gasteiger partial charge < -0.3 is 9.64 Å². The fourth-order valence-corrected chi connectivity index (χ4v) is 3.38. The Hall–Kier alpha value is -1.81. The highest BCUT2D eigenvalue weighted by molar-refractivity contribution is 5.81. The Morgan fingerprint density at radius 3 is 2.73 bits per heavy atom. The zero-order valence-electron chi connectivity index (χ0n) is 13.7. The number of methoxy groups -OCH3 is 1. The molecule has 1 aromatic heterocycles. The number of nitrogens with zero attached hydrogens (tertiary/aromatic N) is 3. The average Bonchev–Trinajstić information content (AvgIpc) is 3.05. The molecule has 0 N–H and O–H groups in total. The molecule has 1 aliphatic rings. The zero-order valence-corrected chi connectivity index (χ0v) is 13.7. The molecule has 118 valence electrons. The van der Waals surface area contributed by atoms with E-state index in [1.807, 2.05) is 12.1 Å². The first-order valence-electron chi connectivity index (χ1n) is 8.19. The maximum Gasteiger partial charge on any atom is 0.129 e. The summed E-state index contributed by atoms with van der Waals surface area (Å²) >= 11 is 0. The van der Waals surface area contributed by atoms with Gasteiger partial charge in [-0.1, -0.05) is 13.8 Å². The number of hydrogen-bond donors (Lipinski definition) is 0. The minimum absolute atomic E-state index is 0.651. The molecule has 1 aliphatic heterocycles. The van der Waals surface area contributed by atoms with E-state index in [2.05, 4.69) is 41.8 Å². The second-order valence-corrected chi connectivity index (χ2v) is 5.84. The van der Waals surface area contributed by atoms with E-state index in [1.165, 1.54) is 6.42 Å². The van der Waals surface area contributed by atoms with E-state index in [1.54, 1.807) is 7.11 Å². The number of benzene rings is 1. The van der Waals surface area contributed by atoms with Crippen molar-refractivity contribution >= 4 is 16.7 Å². The molecule has 0 radical (unpaired) electrons. The smallest absolute Gasteiger partial charge is 0.129 e. The summed E-state index contributed by atoms with van der Waals surface area (Å²) in [6, 6.07) is 11.0. The standard InChI is InChI=1S/C18H25N3O/c1-4-20(5-2)15-10-11-21(13-15)18-9-7-14-6-8-16(22-3)12-17(14)19-18/h6-9,12,15H,4-5,10-11,13H2,1-3H3. The lowest BCUT2D eigenvalue weighted by atomic mass is 10.2. The normalized spacial score (nSPS) is 18.4. The monoisotopic (exact) mass is 299 g/mol. The Kier molecular flexibility index (Phi) is 4.48. The van der Waals surface area contributed by atoms with Crippen LogP contribution >= 0.6 is 0 Å². The summed E-state index contributed by atoms with van der Waals surface area (Å²) in [5.74, 6) is 1.94. The van der Waals surface area contributed by atoms with Gasteiger partial charge >= 0.3 is 0 Å². The van der Waals surface area contributed by atoms with E-state index in [0.29, 0.717) is 6.04 Å². The molecule has 4 nitrogen and oxygen atoms in total. The molecule has 0 aliphatic carbocycles. The molecule has 0 bridgehead atoms. The van der Waals surface area contributed by atoms with Crippen molar-refractivity contribution in [3.05, 3.63) is 30.3 Å². The molecule has 1 unspecified atom stereocenters. The van der Waals surface area contributed by atoms with Crippen molar-refractivity contribution in [2.45, 2.75) is 26.3 Å². The zero-order chi connectivity index (χ0) is 15.5. The van der Waals surface area contributed by atoms with E-state index in [0.717, 1.165) is 48.6 Å². The van der Waals surface area contributed by atoms with Crippen molar-refractivity contribution in [3.8, 4) is 5.75 Å². The number of rotatable bonds is 5. The third-order valence-electron chi connectivity index (χ3n) is 4.70. The summed E-state index contributed by atoms with van der Waals surface area (Å²) in [7, 11) is 1.69. The lowest BCUT2D eigenvalue weighted by Crippen LogP contribution is -2.37. The van der Waals surface area contributed by atoms with E-state index < -0.39 is 0 Å². The molecule has 1 saturated heterocycles. The van der Waals surface area contributed by atoms with Gasteiger partial charge in [-0.3, -0.25) is 4.90 Å². The fourth-order valence-electron chi connectivity index (χ4n) is 3.38. The summed E-state index contributed by atoms with van der Waals surface area (Å²) in [4.78, 5) is 9.79. The van der Waals surface area contributed by atoms with Crippen LogP contribution in [-0.4, -0.2) is 49.2 Å². The number of hydrogen-bond acceptors (Lipinski definition) is 4. The first kappa shape index (κ1) is 15.1. The Bertz CT molecular complexity index is 639. The molecule has 3 rings (SSSR count). The second-order valence-electron chi connectivity index (χ2n) is 5.84. The summed E-state index contributed by atoms with van der Waals surface area (Å²) in [6.45, 7) is 8.89. The Morgan fingerprint density at radius 1 is 1.23 bits per heavy atom. The van der Waals surface area contributed by atoms with Gasteiger partial charge in [-0.25, -0.2) is 4.98 Å². The van der Waals surface area contributed by atoms with Crippen molar-refractivity contribution in [2.75, 3.05) is 38.2 Å². The molecular formula is C18H25N3O. The molecule has 1 aromatic carbocycles. The Morgan fingerprint density at radius 2 is 2.00 bits per heavy atom. The van der Waals surface area contributed by atoms with Crippen molar-refractivity contribution in [3.63, 3.8) is 0 Å². The number of ether oxygens (including phenoxy) is 1. The third kappa shape index (κ3) is 2.88. The third-order valence-corrected chi connectivity index (χ3v) is 4.70. The van der Waals surface area contributed by atoms with Crippen LogP contribution in [0.3, 0.4) is 0 Å². The molecule has 0 spiro atoms. The lowest BCUT2D eigenvalue weighted by molar-refractivity contribution is 0.232. The highest BCUT2D eigenvalue weighted by atomic mass is 16.5. The minimum atomic E-state index is 0.651. The lowest BCUT2D eigenvalue weighted by Gasteiger charge is -2.26. The fraction of sp³-hybridized carbons (Fsp3) is 0.500. The highest BCUT2D eigenvalue weighted by Crippen LogP contribution is 2.25. The van der Waals surface area contributed by atoms with E-state index in [-0.39, 0.29) is 0 Å². The van der Waals surface area contributed by atoms with Crippen LogP contribution in [0.25, 0.3) is 10.9 Å². The van der Waals surface area contributed by atoms with Gasteiger partial charge in [0.05, 0.1) is 12.6 Å². The van der Waals surface area contributed by atoms with E-state index >= 15 is 0 Å². The summed E-state index contributed by atoms with van der Waals surface area (Å²) in [6.07, 6.45) is 1.22. The van der Waals surface area contributed by atoms with Crippen LogP contribution in [0.4, 0.5) is 5.82 Å². The maximum absolute atomic E-state index is 5.30. The van der Waals surface area contributed by atoms with Crippen molar-refractivity contribution in [2.24, 2.45) is 0 Å². The number of fused-ring (bicyclic) bond motifs is 1. The molecule has 1 atom stereocenters. The van der Waals surface area contributed by atoms with Crippen LogP contribution in [0.1, 0.15) is 20.3 Å². The van der Waals surface area contributed by atoms with Crippen LogP contribution in [-0.2, 0) is 0 Å². The van der Waals surface area contributed by atoms with Crippen LogP contribution in [0, 0.1) is 0 Å². The van der Waals surface area contributed by atoms with Crippen molar-refractivity contribution in [1.29, 1.82) is 0 Å². The van der Waals surface area contributed by atoms with Gasteiger partial charge in [0.25, 0.3) is 0 Å². The molecule has 2 heterocycles. The molecule has 1 fully saturated rings. The van der Waals surface area contributed by atoms with Crippen molar-refractivity contribution < 1.29 is 4.74 Å². The minimum Gasteiger partial charge on any atom is -0.497 e. The summed E-state index contributed by atoms with van der Waals surface area (Å²) < 4.78 is 5.30. The van der Waals surface area contributed by atoms with E-state index in [9.17, 15) is 0 Å².